The topological polar surface area (TPSA) is 75.6 Å². The van der Waals surface area contributed by atoms with Crippen LogP contribution >= 0.6 is 11.3 Å². The minimum absolute atomic E-state index is 0.105. The number of nitrogens with zero attached hydrogens (tertiary/aromatic N) is 3. The molecule has 6 nitrogen and oxygen atoms in total. The SMILES string of the molecule is O=C(NCc1nncn1C1CCCCC1)c1cc2sccc2[nH]1. The van der Waals surface area contributed by atoms with Crippen LogP contribution in [0.25, 0.3) is 10.2 Å². The van der Waals surface area contributed by atoms with E-state index in [1.807, 2.05) is 17.5 Å². The molecule has 1 amide bonds. The molecule has 0 atom stereocenters. The summed E-state index contributed by atoms with van der Waals surface area (Å²) in [6.07, 6.45) is 7.97. The number of carbonyl (C=O) groups is 1. The Bertz CT molecular complexity index is 783. The third-order valence-electron chi connectivity index (χ3n) is 4.51. The van der Waals surface area contributed by atoms with Gasteiger partial charge in [-0.1, -0.05) is 19.3 Å². The van der Waals surface area contributed by atoms with Crippen molar-refractivity contribution in [2.24, 2.45) is 0 Å². The molecular formula is C16H19N5OS. The van der Waals surface area contributed by atoms with E-state index < -0.39 is 0 Å². The standard InChI is InChI=1S/C16H19N5OS/c22-16(13-8-14-12(19-13)6-7-23-14)17-9-15-20-18-10-21(15)11-4-2-1-3-5-11/h6-8,10-11,19H,1-5,9H2,(H,17,22). The molecule has 0 aliphatic heterocycles. The Morgan fingerprint density at radius 3 is 3.09 bits per heavy atom. The molecule has 120 valence electrons. The maximum absolute atomic E-state index is 12.3. The number of H-pyrrole nitrogens is 1. The molecule has 0 bridgehead atoms. The predicted octanol–water partition coefficient (Wildman–Crippen LogP) is 3.26. The molecule has 0 aromatic carbocycles. The molecule has 7 heteroatoms. The van der Waals surface area contributed by atoms with E-state index in [9.17, 15) is 4.79 Å². The van der Waals surface area contributed by atoms with Gasteiger partial charge in [-0.05, 0) is 30.4 Å². The predicted molar refractivity (Wildman–Crippen MR) is 89.5 cm³/mol. The van der Waals surface area contributed by atoms with Gasteiger partial charge in [0.25, 0.3) is 5.91 Å². The summed E-state index contributed by atoms with van der Waals surface area (Å²) in [5.41, 5.74) is 1.60. The average Bonchev–Trinajstić information content (AvgIpc) is 3.28. The number of hydrogen-bond donors (Lipinski definition) is 2. The maximum Gasteiger partial charge on any atom is 0.268 e. The van der Waals surface area contributed by atoms with Crippen LogP contribution in [-0.4, -0.2) is 25.7 Å². The lowest BCUT2D eigenvalue weighted by molar-refractivity contribution is 0.0945. The molecule has 23 heavy (non-hydrogen) atoms. The molecule has 4 rings (SSSR count). The summed E-state index contributed by atoms with van der Waals surface area (Å²) in [7, 11) is 0. The first-order chi connectivity index (χ1) is 11.3. The molecule has 1 saturated carbocycles. The summed E-state index contributed by atoms with van der Waals surface area (Å²) < 4.78 is 3.23. The molecule has 3 aromatic heterocycles. The second kappa shape index (κ2) is 6.16. The molecule has 0 saturated heterocycles. The van der Waals surface area contributed by atoms with Crippen LogP contribution < -0.4 is 5.32 Å². The zero-order valence-electron chi connectivity index (χ0n) is 12.8. The minimum atomic E-state index is -0.105. The fourth-order valence-electron chi connectivity index (χ4n) is 3.28. The molecule has 1 aliphatic carbocycles. The Labute approximate surface area is 137 Å². The van der Waals surface area contributed by atoms with Crippen molar-refractivity contribution < 1.29 is 4.79 Å². The smallest absolute Gasteiger partial charge is 0.268 e. The van der Waals surface area contributed by atoms with Crippen molar-refractivity contribution in [2.45, 2.75) is 44.7 Å². The van der Waals surface area contributed by atoms with Gasteiger partial charge in [-0.3, -0.25) is 4.79 Å². The van der Waals surface area contributed by atoms with Crippen LogP contribution in [0.2, 0.25) is 0 Å². The van der Waals surface area contributed by atoms with Gasteiger partial charge in [-0.2, -0.15) is 0 Å². The highest BCUT2D eigenvalue weighted by Crippen LogP contribution is 2.28. The van der Waals surface area contributed by atoms with Crippen molar-refractivity contribution in [2.75, 3.05) is 0 Å². The zero-order chi connectivity index (χ0) is 15.6. The van der Waals surface area contributed by atoms with E-state index in [-0.39, 0.29) is 5.91 Å². The molecule has 2 N–H and O–H groups in total. The number of aromatic amines is 1. The normalized spacial score (nSPS) is 16.0. The highest BCUT2D eigenvalue weighted by molar-refractivity contribution is 7.17. The Morgan fingerprint density at radius 2 is 2.26 bits per heavy atom. The van der Waals surface area contributed by atoms with E-state index in [0.717, 1.165) is 16.0 Å². The quantitative estimate of drug-likeness (QED) is 0.771. The number of rotatable bonds is 4. The molecular weight excluding hydrogens is 310 g/mol. The number of thiophene rings is 1. The van der Waals surface area contributed by atoms with E-state index in [0.29, 0.717) is 18.3 Å². The fourth-order valence-corrected chi connectivity index (χ4v) is 4.07. The van der Waals surface area contributed by atoms with Crippen LogP contribution in [0, 0.1) is 0 Å². The summed E-state index contributed by atoms with van der Waals surface area (Å²) in [6.45, 7) is 0.405. The van der Waals surface area contributed by atoms with E-state index in [1.54, 1.807) is 17.7 Å². The lowest BCUT2D eigenvalue weighted by Crippen LogP contribution is -2.26. The van der Waals surface area contributed by atoms with Crippen molar-refractivity contribution in [3.05, 3.63) is 35.4 Å². The number of nitrogens with one attached hydrogen (secondary N) is 2. The first-order valence-corrected chi connectivity index (χ1v) is 8.92. The second-order valence-corrected chi connectivity index (χ2v) is 6.96. The third-order valence-corrected chi connectivity index (χ3v) is 5.37. The number of amides is 1. The van der Waals surface area contributed by atoms with Crippen molar-refractivity contribution in [1.82, 2.24) is 25.1 Å². The van der Waals surface area contributed by atoms with Crippen LogP contribution in [0.15, 0.2) is 23.8 Å². The molecule has 0 radical (unpaired) electrons. The van der Waals surface area contributed by atoms with E-state index in [2.05, 4.69) is 25.1 Å². The lowest BCUT2D eigenvalue weighted by Gasteiger charge is -2.23. The van der Waals surface area contributed by atoms with E-state index in [1.165, 1.54) is 32.1 Å². The maximum atomic E-state index is 12.3. The number of carbonyl (C=O) groups excluding carboxylic acids is 1. The van der Waals surface area contributed by atoms with Gasteiger partial charge in [0, 0.05) is 6.04 Å². The second-order valence-electron chi connectivity index (χ2n) is 6.01. The van der Waals surface area contributed by atoms with Gasteiger partial charge in [0.15, 0.2) is 5.82 Å². The third kappa shape index (κ3) is 2.88. The Kier molecular flexibility index (Phi) is 3.87. The van der Waals surface area contributed by atoms with Gasteiger partial charge in [-0.15, -0.1) is 21.5 Å². The summed E-state index contributed by atoms with van der Waals surface area (Å²) >= 11 is 1.62. The number of hydrogen-bond acceptors (Lipinski definition) is 4. The van der Waals surface area contributed by atoms with E-state index >= 15 is 0 Å². The van der Waals surface area contributed by atoms with Gasteiger partial charge in [-0.25, -0.2) is 0 Å². The molecule has 0 unspecified atom stereocenters. The van der Waals surface area contributed by atoms with Crippen molar-refractivity contribution in [3.63, 3.8) is 0 Å². The molecule has 3 aromatic rings. The average molecular weight is 329 g/mol. The summed E-state index contributed by atoms with van der Waals surface area (Å²) in [5, 5.41) is 13.2. The molecule has 1 fully saturated rings. The Morgan fingerprint density at radius 1 is 1.39 bits per heavy atom. The van der Waals surface area contributed by atoms with Gasteiger partial charge < -0.3 is 14.9 Å². The van der Waals surface area contributed by atoms with Crippen LogP contribution in [0.5, 0.6) is 0 Å². The van der Waals surface area contributed by atoms with Crippen molar-refractivity contribution >= 4 is 27.5 Å². The van der Waals surface area contributed by atoms with Crippen molar-refractivity contribution in [1.29, 1.82) is 0 Å². The first-order valence-electron chi connectivity index (χ1n) is 8.04. The number of aromatic nitrogens is 4. The lowest BCUT2D eigenvalue weighted by atomic mass is 9.95. The highest BCUT2D eigenvalue weighted by Gasteiger charge is 2.19. The fraction of sp³-hybridized carbons (Fsp3) is 0.438. The number of fused-ring (bicyclic) bond motifs is 1. The van der Waals surface area contributed by atoms with Crippen LogP contribution in [0.4, 0.5) is 0 Å². The summed E-state index contributed by atoms with van der Waals surface area (Å²) in [6, 6.07) is 4.35. The van der Waals surface area contributed by atoms with Crippen LogP contribution in [0.1, 0.15) is 54.5 Å². The van der Waals surface area contributed by atoms with Gasteiger partial charge >= 0.3 is 0 Å². The highest BCUT2D eigenvalue weighted by atomic mass is 32.1. The largest absolute Gasteiger partial charge is 0.350 e. The molecule has 1 aliphatic rings. The summed E-state index contributed by atoms with van der Waals surface area (Å²) in [5.74, 6) is 0.727. The first kappa shape index (κ1) is 14.4. The van der Waals surface area contributed by atoms with Gasteiger partial charge in [0.2, 0.25) is 0 Å². The van der Waals surface area contributed by atoms with Gasteiger partial charge in [0.1, 0.15) is 12.0 Å². The Hall–Kier alpha value is -2.15. The monoisotopic (exact) mass is 329 g/mol. The Balaban J connectivity index is 1.43. The van der Waals surface area contributed by atoms with Gasteiger partial charge in [0.05, 0.1) is 16.8 Å². The molecule has 3 heterocycles. The van der Waals surface area contributed by atoms with Crippen LogP contribution in [-0.2, 0) is 6.54 Å². The van der Waals surface area contributed by atoms with Crippen LogP contribution in [0.3, 0.4) is 0 Å². The van der Waals surface area contributed by atoms with E-state index in [4.69, 9.17) is 0 Å². The van der Waals surface area contributed by atoms with Crippen molar-refractivity contribution in [3.8, 4) is 0 Å². The minimum Gasteiger partial charge on any atom is -0.350 e. The molecule has 0 spiro atoms. The summed E-state index contributed by atoms with van der Waals surface area (Å²) in [4.78, 5) is 15.4. The zero-order valence-corrected chi connectivity index (χ0v) is 13.6.